The molecule has 0 saturated heterocycles. The fourth-order valence-electron chi connectivity index (χ4n) is 2.38. The van der Waals surface area contributed by atoms with E-state index >= 15 is 0 Å². The Morgan fingerprint density at radius 1 is 1.26 bits per heavy atom. The van der Waals surface area contributed by atoms with Gasteiger partial charge in [0.1, 0.15) is 0 Å². The first kappa shape index (κ1) is 13.5. The molecule has 1 amide bonds. The van der Waals surface area contributed by atoms with Crippen LogP contribution in [0.1, 0.15) is 43.8 Å². The average Bonchev–Trinajstić information content (AvgIpc) is 2.47. The summed E-state index contributed by atoms with van der Waals surface area (Å²) < 4.78 is 5.30. The molecule has 2 rings (SSSR count). The Kier molecular flexibility index (Phi) is 4.85. The number of terminal acetylenes is 1. The molecule has 3 nitrogen and oxygen atoms in total. The van der Waals surface area contributed by atoms with Crippen molar-refractivity contribution in [3.05, 3.63) is 35.9 Å². The van der Waals surface area contributed by atoms with Crippen LogP contribution in [0.3, 0.4) is 0 Å². The fraction of sp³-hybridized carbons (Fsp3) is 0.438. The first-order valence-electron chi connectivity index (χ1n) is 6.78. The van der Waals surface area contributed by atoms with Gasteiger partial charge in [0.05, 0.1) is 0 Å². The maximum Gasteiger partial charge on any atom is 0.408 e. The zero-order valence-electron chi connectivity index (χ0n) is 11.0. The number of ether oxygens (including phenoxy) is 1. The molecule has 1 unspecified atom stereocenters. The number of nitrogens with one attached hydrogen (secondary N) is 1. The Morgan fingerprint density at radius 2 is 1.95 bits per heavy atom. The first-order chi connectivity index (χ1) is 9.29. The molecule has 1 fully saturated rings. The normalized spacial score (nSPS) is 17.2. The van der Waals surface area contributed by atoms with Gasteiger partial charge >= 0.3 is 6.09 Å². The number of carbonyl (C=O) groups excluding carboxylic acids is 1. The molecule has 1 N–H and O–H groups in total. The van der Waals surface area contributed by atoms with Crippen LogP contribution in [0.4, 0.5) is 4.79 Å². The molecule has 0 heterocycles. The predicted octanol–water partition coefficient (Wildman–Crippen LogP) is 3.42. The Hall–Kier alpha value is -1.95. The molecule has 19 heavy (non-hydrogen) atoms. The van der Waals surface area contributed by atoms with Crippen LogP contribution < -0.4 is 5.32 Å². The lowest BCUT2D eigenvalue weighted by molar-refractivity contribution is 0.118. The molecule has 0 aromatic heterocycles. The zero-order valence-corrected chi connectivity index (χ0v) is 11.0. The van der Waals surface area contributed by atoms with Gasteiger partial charge in [0.2, 0.25) is 0 Å². The molecule has 1 atom stereocenters. The molecule has 0 radical (unpaired) electrons. The van der Waals surface area contributed by atoms with Crippen molar-refractivity contribution in [1.29, 1.82) is 0 Å². The van der Waals surface area contributed by atoms with Gasteiger partial charge in [-0.15, -0.1) is 6.42 Å². The summed E-state index contributed by atoms with van der Waals surface area (Å²) in [5.74, 6) is 2.50. The van der Waals surface area contributed by atoms with E-state index in [1.807, 2.05) is 30.3 Å². The maximum absolute atomic E-state index is 11.8. The van der Waals surface area contributed by atoms with Crippen LogP contribution in [0.15, 0.2) is 30.3 Å². The third-order valence-electron chi connectivity index (χ3n) is 3.41. The van der Waals surface area contributed by atoms with E-state index in [1.54, 1.807) is 0 Å². The zero-order chi connectivity index (χ0) is 13.5. The highest BCUT2D eigenvalue weighted by Gasteiger charge is 2.19. The summed E-state index contributed by atoms with van der Waals surface area (Å²) in [6.45, 7) is 0. The van der Waals surface area contributed by atoms with Crippen molar-refractivity contribution >= 4 is 6.09 Å². The van der Waals surface area contributed by atoms with Crippen molar-refractivity contribution in [2.75, 3.05) is 0 Å². The highest BCUT2D eigenvalue weighted by molar-refractivity contribution is 5.68. The van der Waals surface area contributed by atoms with E-state index in [9.17, 15) is 4.79 Å². The molecule has 100 valence electrons. The molecule has 1 aromatic carbocycles. The summed E-state index contributed by atoms with van der Waals surface area (Å²) in [6, 6.07) is 9.61. The largest absolute Gasteiger partial charge is 0.428 e. The quantitative estimate of drug-likeness (QED) is 0.843. The van der Waals surface area contributed by atoms with Crippen LogP contribution in [0.5, 0.6) is 0 Å². The maximum atomic E-state index is 11.8. The van der Waals surface area contributed by atoms with Gasteiger partial charge in [-0.25, -0.2) is 4.79 Å². The van der Waals surface area contributed by atoms with Crippen molar-refractivity contribution in [2.45, 2.75) is 44.2 Å². The van der Waals surface area contributed by atoms with E-state index in [1.165, 1.54) is 19.3 Å². The van der Waals surface area contributed by atoms with Crippen LogP contribution >= 0.6 is 0 Å². The number of hydrogen-bond donors (Lipinski definition) is 1. The standard InChI is InChI=1S/C16H19NO2/c1-2-15(13-9-5-3-6-10-13)19-16(18)17-14-11-7-4-8-12-14/h1,3,5-6,9-10,14-15H,4,7-8,11-12H2,(H,17,18). The Balaban J connectivity index is 1.88. The van der Waals surface area contributed by atoms with E-state index in [4.69, 9.17) is 11.2 Å². The lowest BCUT2D eigenvalue weighted by atomic mass is 9.96. The molecule has 3 heteroatoms. The number of benzene rings is 1. The minimum atomic E-state index is -0.621. The lowest BCUT2D eigenvalue weighted by Crippen LogP contribution is -2.37. The molecule has 0 bridgehead atoms. The third kappa shape index (κ3) is 4.03. The van der Waals surface area contributed by atoms with Gasteiger partial charge in [0.25, 0.3) is 0 Å². The van der Waals surface area contributed by atoms with Gasteiger partial charge in [-0.2, -0.15) is 0 Å². The highest BCUT2D eigenvalue weighted by Crippen LogP contribution is 2.19. The predicted molar refractivity (Wildman–Crippen MR) is 74.5 cm³/mol. The summed E-state index contributed by atoms with van der Waals surface area (Å²) in [4.78, 5) is 11.8. The summed E-state index contributed by atoms with van der Waals surface area (Å²) >= 11 is 0. The minimum Gasteiger partial charge on any atom is -0.428 e. The number of hydrogen-bond acceptors (Lipinski definition) is 2. The van der Waals surface area contributed by atoms with Gasteiger partial charge < -0.3 is 10.1 Å². The van der Waals surface area contributed by atoms with Crippen molar-refractivity contribution in [3.8, 4) is 12.3 Å². The number of rotatable bonds is 3. The first-order valence-corrected chi connectivity index (χ1v) is 6.78. The Labute approximate surface area is 114 Å². The van der Waals surface area contributed by atoms with Crippen LogP contribution in [-0.4, -0.2) is 12.1 Å². The van der Waals surface area contributed by atoms with E-state index in [0.29, 0.717) is 0 Å². The molecule has 1 aromatic rings. The summed E-state index contributed by atoms with van der Waals surface area (Å²) in [7, 11) is 0. The monoisotopic (exact) mass is 257 g/mol. The van der Waals surface area contributed by atoms with E-state index in [-0.39, 0.29) is 6.04 Å². The van der Waals surface area contributed by atoms with Gasteiger partial charge in [0.15, 0.2) is 6.10 Å². The smallest absolute Gasteiger partial charge is 0.408 e. The number of carbonyl (C=O) groups is 1. The molecule has 0 aliphatic heterocycles. The van der Waals surface area contributed by atoms with E-state index in [0.717, 1.165) is 18.4 Å². The molecular weight excluding hydrogens is 238 g/mol. The second-order valence-corrected chi connectivity index (χ2v) is 4.84. The van der Waals surface area contributed by atoms with Crippen LogP contribution in [0.2, 0.25) is 0 Å². The van der Waals surface area contributed by atoms with Crippen LogP contribution in [-0.2, 0) is 4.74 Å². The van der Waals surface area contributed by atoms with Crippen LogP contribution in [0.25, 0.3) is 0 Å². The van der Waals surface area contributed by atoms with Gasteiger partial charge in [-0.3, -0.25) is 0 Å². The van der Waals surface area contributed by atoms with Gasteiger partial charge in [-0.05, 0) is 12.8 Å². The Morgan fingerprint density at radius 3 is 2.58 bits per heavy atom. The average molecular weight is 257 g/mol. The van der Waals surface area contributed by atoms with E-state index in [2.05, 4.69) is 11.2 Å². The molecule has 1 aliphatic rings. The Bertz CT molecular complexity index is 444. The van der Waals surface area contributed by atoms with Crippen molar-refractivity contribution in [2.24, 2.45) is 0 Å². The molecule has 0 spiro atoms. The summed E-state index contributed by atoms with van der Waals surface area (Å²) in [6.07, 6.45) is 10.0. The van der Waals surface area contributed by atoms with E-state index < -0.39 is 12.2 Å². The summed E-state index contributed by atoms with van der Waals surface area (Å²) in [5, 5.41) is 2.90. The third-order valence-corrected chi connectivity index (χ3v) is 3.41. The van der Waals surface area contributed by atoms with Crippen molar-refractivity contribution in [1.82, 2.24) is 5.32 Å². The summed E-state index contributed by atoms with van der Waals surface area (Å²) in [5.41, 5.74) is 0.823. The van der Waals surface area contributed by atoms with Gasteiger partial charge in [-0.1, -0.05) is 55.5 Å². The number of alkyl carbamates (subject to hydrolysis) is 1. The molecular formula is C16H19NO2. The molecule has 1 saturated carbocycles. The van der Waals surface area contributed by atoms with Crippen molar-refractivity contribution in [3.63, 3.8) is 0 Å². The van der Waals surface area contributed by atoms with Crippen LogP contribution in [0, 0.1) is 12.3 Å². The second kappa shape index (κ2) is 6.84. The fourth-order valence-corrected chi connectivity index (χ4v) is 2.38. The molecule has 1 aliphatic carbocycles. The highest BCUT2D eigenvalue weighted by atomic mass is 16.6. The topological polar surface area (TPSA) is 38.3 Å². The lowest BCUT2D eigenvalue weighted by Gasteiger charge is -2.23. The SMILES string of the molecule is C#CC(OC(=O)NC1CCCCC1)c1ccccc1. The number of amides is 1. The minimum absolute atomic E-state index is 0.232. The second-order valence-electron chi connectivity index (χ2n) is 4.84. The van der Waals surface area contributed by atoms with Crippen molar-refractivity contribution < 1.29 is 9.53 Å². The van der Waals surface area contributed by atoms with Gasteiger partial charge in [0, 0.05) is 11.6 Å².